The number of amidine groups is 1. The molecule has 4 rings (SSSR count). The molecule has 2 aliphatic heterocycles. The van der Waals surface area contributed by atoms with Gasteiger partial charge in [0, 0.05) is 24.3 Å². The predicted octanol–water partition coefficient (Wildman–Crippen LogP) is 4.07. The fourth-order valence-corrected chi connectivity index (χ4v) is 7.08. The molecule has 1 atom stereocenters. The zero-order chi connectivity index (χ0) is 28.5. The van der Waals surface area contributed by atoms with Crippen LogP contribution in [-0.4, -0.2) is 73.9 Å². The van der Waals surface area contributed by atoms with Crippen molar-refractivity contribution in [1.82, 2.24) is 5.01 Å². The molecule has 2 aliphatic rings. The molecule has 2 heterocycles. The van der Waals surface area contributed by atoms with Gasteiger partial charge in [-0.15, -0.1) is 11.8 Å². The number of hydrogen-bond donors (Lipinski definition) is 1. The first-order valence-electron chi connectivity index (χ1n) is 12.6. The maximum atomic E-state index is 12.3. The molecule has 0 spiro atoms. The molecule has 0 aliphatic carbocycles. The van der Waals surface area contributed by atoms with E-state index in [2.05, 4.69) is 5.10 Å². The van der Waals surface area contributed by atoms with Gasteiger partial charge in [0.2, 0.25) is 10.0 Å². The van der Waals surface area contributed by atoms with E-state index in [1.807, 2.05) is 36.9 Å². The Morgan fingerprint density at radius 1 is 1.26 bits per heavy atom. The zero-order valence-corrected chi connectivity index (χ0v) is 24.3. The van der Waals surface area contributed by atoms with Gasteiger partial charge in [-0.2, -0.15) is 10.1 Å². The first-order chi connectivity index (χ1) is 18.4. The number of nitrogens with zero attached hydrogens (tertiary/aromatic N) is 4. The zero-order valence-electron chi connectivity index (χ0n) is 22.7. The summed E-state index contributed by atoms with van der Waals surface area (Å²) in [4.78, 5) is 25.9. The quantitative estimate of drug-likeness (QED) is 0.315. The molecule has 0 saturated carbocycles. The van der Waals surface area contributed by atoms with E-state index in [9.17, 15) is 18.0 Å². The second kappa shape index (κ2) is 11.0. The standard InChI is InChI=1S/C27H33N5O5S2/c1-6-31(39(5,35)36)21-12-9-18(10-13-21)25(28)30-15-7-8-19-16-20(11-14-22(19)30)24-27(2,3)38-23(17-33)32(29-24)26(34)37-4/h9-14,16-17,23,28H,6-8,15H2,1-5H3. The van der Waals surface area contributed by atoms with Crippen LogP contribution < -0.4 is 9.21 Å². The summed E-state index contributed by atoms with van der Waals surface area (Å²) in [6, 6.07) is 12.9. The second-order valence-corrected chi connectivity index (χ2v) is 13.5. The second-order valence-electron chi connectivity index (χ2n) is 9.84. The number of anilines is 2. The lowest BCUT2D eigenvalue weighted by Gasteiger charge is -2.38. The summed E-state index contributed by atoms with van der Waals surface area (Å²) >= 11 is 1.33. The largest absolute Gasteiger partial charge is 0.451 e. The fraction of sp³-hybridized carbons (Fsp3) is 0.407. The Bertz CT molecular complexity index is 1420. The summed E-state index contributed by atoms with van der Waals surface area (Å²) in [6.07, 6.45) is 2.84. The van der Waals surface area contributed by atoms with Crippen molar-refractivity contribution in [2.24, 2.45) is 5.10 Å². The first kappa shape index (κ1) is 28.6. The van der Waals surface area contributed by atoms with Crippen LogP contribution in [0.25, 0.3) is 0 Å². The minimum absolute atomic E-state index is 0.325. The number of carbonyl (C=O) groups excluding carboxylic acids is 2. The summed E-state index contributed by atoms with van der Waals surface area (Å²) in [6.45, 7) is 6.72. The average Bonchev–Trinajstić information content (AvgIpc) is 2.91. The Kier molecular flexibility index (Phi) is 8.08. The molecule has 0 fully saturated rings. The molecular weight excluding hydrogens is 538 g/mol. The number of benzene rings is 2. The van der Waals surface area contributed by atoms with Crippen molar-refractivity contribution < 1.29 is 22.7 Å². The van der Waals surface area contributed by atoms with Crippen molar-refractivity contribution in [3.63, 3.8) is 0 Å². The van der Waals surface area contributed by atoms with Gasteiger partial charge < -0.3 is 9.64 Å². The summed E-state index contributed by atoms with van der Waals surface area (Å²) in [7, 11) is -2.13. The minimum Gasteiger partial charge on any atom is -0.451 e. The molecule has 39 heavy (non-hydrogen) atoms. The number of carbonyl (C=O) groups is 2. The first-order valence-corrected chi connectivity index (χ1v) is 15.3. The maximum Gasteiger partial charge on any atom is 0.431 e. The summed E-state index contributed by atoms with van der Waals surface area (Å²) < 4.78 is 29.8. The Labute approximate surface area is 233 Å². The van der Waals surface area contributed by atoms with Crippen LogP contribution in [0.3, 0.4) is 0 Å². The number of hydrogen-bond acceptors (Lipinski definition) is 8. The number of ether oxygens (including phenoxy) is 1. The topological polar surface area (TPSA) is 123 Å². The van der Waals surface area contributed by atoms with Crippen LogP contribution in [-0.2, 0) is 26.0 Å². The fourth-order valence-electron chi connectivity index (χ4n) is 4.95. The highest BCUT2D eigenvalue weighted by atomic mass is 32.2. The number of aryl methyl sites for hydroxylation is 1. The highest BCUT2D eigenvalue weighted by Gasteiger charge is 2.41. The van der Waals surface area contributed by atoms with Crippen molar-refractivity contribution in [1.29, 1.82) is 5.41 Å². The third kappa shape index (κ3) is 5.67. The van der Waals surface area contributed by atoms with Crippen molar-refractivity contribution in [3.8, 4) is 0 Å². The Morgan fingerprint density at radius 2 is 1.95 bits per heavy atom. The van der Waals surface area contributed by atoms with Gasteiger partial charge in [0.25, 0.3) is 0 Å². The molecule has 10 nitrogen and oxygen atoms in total. The minimum atomic E-state index is -3.39. The van der Waals surface area contributed by atoms with Crippen LogP contribution >= 0.6 is 11.8 Å². The number of rotatable bonds is 6. The van der Waals surface area contributed by atoms with Crippen LogP contribution in [0.15, 0.2) is 47.6 Å². The number of nitrogens with one attached hydrogen (secondary N) is 1. The number of thioether (sulfide) groups is 1. The number of aldehydes is 1. The third-order valence-electron chi connectivity index (χ3n) is 6.77. The van der Waals surface area contributed by atoms with E-state index in [0.29, 0.717) is 42.2 Å². The smallest absolute Gasteiger partial charge is 0.431 e. The van der Waals surface area contributed by atoms with Crippen molar-refractivity contribution in [2.75, 3.05) is 35.7 Å². The SMILES string of the molecule is CCN(c1ccc(C(=N)N2CCCc3cc(C4=NN(C(=O)OC)C(C=O)SC4(C)C)ccc32)cc1)S(C)(=O)=O. The number of hydrazone groups is 1. The van der Waals surface area contributed by atoms with Crippen LogP contribution in [0.5, 0.6) is 0 Å². The van der Waals surface area contributed by atoms with Crippen LogP contribution in [0.1, 0.15) is 43.9 Å². The van der Waals surface area contributed by atoms with Crippen LogP contribution in [0.2, 0.25) is 0 Å². The molecule has 1 unspecified atom stereocenters. The average molecular weight is 572 g/mol. The molecule has 0 aromatic heterocycles. The van der Waals surface area contributed by atoms with E-state index in [4.69, 9.17) is 10.1 Å². The molecule has 1 N–H and O–H groups in total. The molecule has 1 amide bonds. The van der Waals surface area contributed by atoms with Gasteiger partial charge in [-0.05, 0) is 81.1 Å². The Morgan fingerprint density at radius 3 is 2.54 bits per heavy atom. The van der Waals surface area contributed by atoms with Crippen molar-refractivity contribution >= 4 is 57.1 Å². The molecule has 0 bridgehead atoms. The van der Waals surface area contributed by atoms with E-state index in [1.54, 1.807) is 31.2 Å². The highest BCUT2D eigenvalue weighted by molar-refractivity contribution is 8.02. The molecule has 2 aromatic rings. The highest BCUT2D eigenvalue weighted by Crippen LogP contribution is 2.39. The Balaban J connectivity index is 1.65. The number of methoxy groups -OCH3 is 1. The summed E-state index contributed by atoms with van der Waals surface area (Å²) in [5.74, 6) is 0.328. The number of amides is 1. The third-order valence-corrected chi connectivity index (χ3v) is 9.37. The molecule has 0 saturated heterocycles. The van der Waals surface area contributed by atoms with Crippen molar-refractivity contribution in [3.05, 3.63) is 59.2 Å². The van der Waals surface area contributed by atoms with Gasteiger partial charge in [0.15, 0.2) is 11.7 Å². The predicted molar refractivity (Wildman–Crippen MR) is 156 cm³/mol. The lowest BCUT2D eigenvalue weighted by Crippen LogP contribution is -2.47. The van der Waals surface area contributed by atoms with Gasteiger partial charge in [-0.1, -0.05) is 6.07 Å². The van der Waals surface area contributed by atoms with E-state index in [-0.39, 0.29) is 0 Å². The normalized spacial score (nSPS) is 18.6. The van der Waals surface area contributed by atoms with Gasteiger partial charge >= 0.3 is 6.09 Å². The van der Waals surface area contributed by atoms with E-state index < -0.39 is 26.2 Å². The molecule has 2 aromatic carbocycles. The van der Waals surface area contributed by atoms with Crippen LogP contribution in [0, 0.1) is 5.41 Å². The molecular formula is C27H33N5O5S2. The van der Waals surface area contributed by atoms with Crippen molar-refractivity contribution in [2.45, 2.75) is 43.7 Å². The number of fused-ring (bicyclic) bond motifs is 1. The maximum absolute atomic E-state index is 12.3. The van der Waals surface area contributed by atoms with E-state index in [1.165, 1.54) is 29.4 Å². The van der Waals surface area contributed by atoms with E-state index >= 15 is 0 Å². The summed E-state index contributed by atoms with van der Waals surface area (Å²) in [5.41, 5.74) is 4.72. The lowest BCUT2D eigenvalue weighted by atomic mass is 9.93. The monoisotopic (exact) mass is 571 g/mol. The molecule has 12 heteroatoms. The van der Waals surface area contributed by atoms with Gasteiger partial charge in [0.1, 0.15) is 5.84 Å². The molecule has 0 radical (unpaired) electrons. The molecule has 208 valence electrons. The van der Waals surface area contributed by atoms with E-state index in [0.717, 1.165) is 34.7 Å². The van der Waals surface area contributed by atoms with Gasteiger partial charge in [-0.25, -0.2) is 13.2 Å². The van der Waals surface area contributed by atoms with Gasteiger partial charge in [-0.3, -0.25) is 14.5 Å². The lowest BCUT2D eigenvalue weighted by molar-refractivity contribution is -0.109. The van der Waals surface area contributed by atoms with Gasteiger partial charge in [0.05, 0.1) is 29.5 Å². The Hall–Kier alpha value is -3.38. The summed E-state index contributed by atoms with van der Waals surface area (Å²) in [5, 5.41) is 13.8. The van der Waals surface area contributed by atoms with Crippen LogP contribution in [0.4, 0.5) is 16.2 Å². The number of sulfonamides is 1.